The third kappa shape index (κ3) is 3.20. The normalized spacial score (nSPS) is 17.2. The highest BCUT2D eigenvalue weighted by Gasteiger charge is 2.51. The first-order valence-corrected chi connectivity index (χ1v) is 11.0. The third-order valence-electron chi connectivity index (χ3n) is 6.67. The molecule has 1 aliphatic rings. The van der Waals surface area contributed by atoms with Crippen LogP contribution in [0, 0.1) is 0 Å². The molecular formula is C25H24BN3O2S. The minimum Gasteiger partial charge on any atom is -0.399 e. The van der Waals surface area contributed by atoms with Gasteiger partial charge in [-0.15, -0.1) is 0 Å². The van der Waals surface area contributed by atoms with Crippen molar-refractivity contribution >= 4 is 58.1 Å². The van der Waals surface area contributed by atoms with Crippen LogP contribution in [0.4, 0.5) is 11.4 Å². The minimum atomic E-state index is -0.402. The molecule has 2 N–H and O–H groups in total. The molecule has 0 aliphatic carbocycles. The number of nitrogens with two attached hydrogens (primary N) is 1. The summed E-state index contributed by atoms with van der Waals surface area (Å²) in [6, 6.07) is 20.0. The summed E-state index contributed by atoms with van der Waals surface area (Å²) in [7, 11) is -0.402. The quantitative estimate of drug-likeness (QED) is 0.266. The zero-order valence-electron chi connectivity index (χ0n) is 18.5. The van der Waals surface area contributed by atoms with Gasteiger partial charge in [0, 0.05) is 34.1 Å². The molecule has 0 radical (unpaired) electrons. The van der Waals surface area contributed by atoms with Crippen molar-refractivity contribution in [1.82, 2.24) is 4.98 Å². The summed E-state index contributed by atoms with van der Waals surface area (Å²) in [5, 5.41) is 2.87. The van der Waals surface area contributed by atoms with Gasteiger partial charge in [-0.2, -0.15) is 4.36 Å². The number of rotatable bonds is 3. The van der Waals surface area contributed by atoms with Crippen LogP contribution in [0.1, 0.15) is 27.7 Å². The van der Waals surface area contributed by atoms with E-state index in [1.54, 1.807) is 0 Å². The Hall–Kier alpha value is -2.87. The molecule has 1 saturated heterocycles. The summed E-state index contributed by atoms with van der Waals surface area (Å²) in [6.07, 6.45) is 0. The Morgan fingerprint density at radius 1 is 0.875 bits per heavy atom. The summed E-state index contributed by atoms with van der Waals surface area (Å²) in [5.74, 6) is 0. The first-order chi connectivity index (χ1) is 15.2. The SMILES string of the molecule is CC1(C)OB(c2ccc(-c3nc4ccccc4c4c(N=S)c(N)ccc34)cc2)OC1(C)C. The number of hydrogen-bond donors (Lipinski definition) is 1. The van der Waals surface area contributed by atoms with Crippen LogP contribution in [-0.4, -0.2) is 23.3 Å². The van der Waals surface area contributed by atoms with Gasteiger partial charge in [0.25, 0.3) is 0 Å². The lowest BCUT2D eigenvalue weighted by Crippen LogP contribution is -2.41. The molecule has 0 bridgehead atoms. The van der Waals surface area contributed by atoms with Crippen LogP contribution >= 0.6 is 0 Å². The molecule has 2 heterocycles. The van der Waals surface area contributed by atoms with Gasteiger partial charge in [-0.3, -0.25) is 0 Å². The Morgan fingerprint density at radius 2 is 1.53 bits per heavy atom. The first kappa shape index (κ1) is 21.0. The van der Waals surface area contributed by atoms with Crippen molar-refractivity contribution in [3.05, 3.63) is 60.7 Å². The van der Waals surface area contributed by atoms with E-state index >= 15 is 0 Å². The topological polar surface area (TPSA) is 69.7 Å². The van der Waals surface area contributed by atoms with Crippen LogP contribution in [-0.2, 0) is 21.7 Å². The predicted octanol–water partition coefficient (Wildman–Crippen LogP) is 5.30. The maximum Gasteiger partial charge on any atom is 0.494 e. The Balaban J connectivity index is 1.65. The summed E-state index contributed by atoms with van der Waals surface area (Å²) >= 11 is 5.07. The van der Waals surface area contributed by atoms with Gasteiger partial charge in [-0.25, -0.2) is 4.98 Å². The van der Waals surface area contributed by atoms with Gasteiger partial charge < -0.3 is 15.0 Å². The number of nitrogen functional groups attached to an aromatic ring is 1. The Bertz CT molecular complexity index is 1350. The number of fused-ring (bicyclic) bond motifs is 3. The number of aromatic nitrogens is 1. The Morgan fingerprint density at radius 3 is 2.19 bits per heavy atom. The van der Waals surface area contributed by atoms with Gasteiger partial charge in [0.05, 0.1) is 28.1 Å². The van der Waals surface area contributed by atoms with E-state index in [0.717, 1.165) is 38.4 Å². The van der Waals surface area contributed by atoms with E-state index < -0.39 is 7.12 Å². The highest BCUT2D eigenvalue weighted by Crippen LogP contribution is 2.41. The van der Waals surface area contributed by atoms with Crippen LogP contribution in [0.5, 0.6) is 0 Å². The van der Waals surface area contributed by atoms with E-state index in [-0.39, 0.29) is 11.2 Å². The molecule has 1 fully saturated rings. The Kier molecular flexibility index (Phi) is 4.82. The zero-order valence-corrected chi connectivity index (χ0v) is 19.4. The molecule has 32 heavy (non-hydrogen) atoms. The number of nitrogens with zero attached hydrogens (tertiary/aromatic N) is 2. The number of benzene rings is 3. The molecule has 0 spiro atoms. The van der Waals surface area contributed by atoms with E-state index in [2.05, 4.69) is 44.2 Å². The lowest BCUT2D eigenvalue weighted by atomic mass is 9.78. The van der Waals surface area contributed by atoms with E-state index in [1.807, 2.05) is 48.5 Å². The molecule has 5 nitrogen and oxygen atoms in total. The van der Waals surface area contributed by atoms with Crippen LogP contribution in [0.15, 0.2) is 65.0 Å². The third-order valence-corrected chi connectivity index (χ3v) is 6.85. The van der Waals surface area contributed by atoms with Crippen LogP contribution in [0.2, 0.25) is 0 Å². The largest absolute Gasteiger partial charge is 0.494 e. The molecular weight excluding hydrogens is 417 g/mol. The number of pyridine rings is 1. The molecule has 7 heteroatoms. The van der Waals surface area contributed by atoms with Crippen molar-refractivity contribution in [3.8, 4) is 11.3 Å². The fourth-order valence-electron chi connectivity index (χ4n) is 4.14. The van der Waals surface area contributed by atoms with Crippen LogP contribution < -0.4 is 11.2 Å². The summed E-state index contributed by atoms with van der Waals surface area (Å²) < 4.78 is 16.5. The van der Waals surface area contributed by atoms with Gasteiger partial charge in [0.1, 0.15) is 5.69 Å². The van der Waals surface area contributed by atoms with Gasteiger partial charge >= 0.3 is 7.12 Å². The molecule has 1 aromatic heterocycles. The molecule has 3 aromatic carbocycles. The monoisotopic (exact) mass is 441 g/mol. The first-order valence-electron chi connectivity index (χ1n) is 10.6. The summed E-state index contributed by atoms with van der Waals surface area (Å²) in [4.78, 5) is 4.97. The van der Waals surface area contributed by atoms with Crippen molar-refractivity contribution in [2.24, 2.45) is 4.36 Å². The molecule has 4 aromatic rings. The fraction of sp³-hybridized carbons (Fsp3) is 0.240. The van der Waals surface area contributed by atoms with Gasteiger partial charge in [0.2, 0.25) is 0 Å². The molecule has 0 unspecified atom stereocenters. The molecule has 5 rings (SSSR count). The maximum absolute atomic E-state index is 6.20. The van der Waals surface area contributed by atoms with Crippen molar-refractivity contribution in [2.45, 2.75) is 38.9 Å². The highest BCUT2D eigenvalue weighted by atomic mass is 32.1. The zero-order chi connectivity index (χ0) is 22.7. The number of para-hydroxylation sites is 1. The van der Waals surface area contributed by atoms with E-state index in [0.29, 0.717) is 11.4 Å². The molecule has 0 saturated carbocycles. The lowest BCUT2D eigenvalue weighted by molar-refractivity contribution is 0.00578. The fourth-order valence-corrected chi connectivity index (χ4v) is 4.33. The lowest BCUT2D eigenvalue weighted by Gasteiger charge is -2.32. The highest BCUT2D eigenvalue weighted by molar-refractivity contribution is 7.47. The van der Waals surface area contributed by atoms with Gasteiger partial charge in [-0.1, -0.05) is 42.5 Å². The molecule has 160 valence electrons. The number of anilines is 1. The molecule has 0 atom stereocenters. The summed E-state index contributed by atoms with van der Waals surface area (Å²) in [5.41, 5.74) is 10.3. The standard InChI is InChI=1S/C25H24BN3O2S/c1-24(2)25(3,4)31-26(30-24)16-11-9-15(10-12-16)22-18-13-14-19(27)23(29-32)21(18)17-7-5-6-8-20(17)28-22/h5-14H,27H2,1-4H3. The maximum atomic E-state index is 6.20. The smallest absolute Gasteiger partial charge is 0.399 e. The molecule has 0 amide bonds. The second-order valence-electron chi connectivity index (χ2n) is 9.21. The van der Waals surface area contributed by atoms with Crippen molar-refractivity contribution in [3.63, 3.8) is 0 Å². The predicted molar refractivity (Wildman–Crippen MR) is 134 cm³/mol. The second-order valence-corrected chi connectivity index (χ2v) is 9.39. The Labute approximate surface area is 193 Å². The van der Waals surface area contributed by atoms with E-state index in [9.17, 15) is 0 Å². The van der Waals surface area contributed by atoms with Crippen molar-refractivity contribution in [1.29, 1.82) is 0 Å². The van der Waals surface area contributed by atoms with E-state index in [1.165, 1.54) is 0 Å². The van der Waals surface area contributed by atoms with Crippen molar-refractivity contribution in [2.75, 3.05) is 5.73 Å². The number of hydrogen-bond acceptors (Lipinski definition) is 6. The minimum absolute atomic E-state index is 0.378. The van der Waals surface area contributed by atoms with Crippen LogP contribution in [0.25, 0.3) is 32.9 Å². The second kappa shape index (κ2) is 7.34. The average Bonchev–Trinajstić information content (AvgIpc) is 3.00. The van der Waals surface area contributed by atoms with Gasteiger partial charge in [0.15, 0.2) is 0 Å². The average molecular weight is 441 g/mol. The van der Waals surface area contributed by atoms with Crippen molar-refractivity contribution < 1.29 is 9.31 Å². The van der Waals surface area contributed by atoms with E-state index in [4.69, 9.17) is 32.5 Å². The van der Waals surface area contributed by atoms with Crippen LogP contribution in [0.3, 0.4) is 0 Å². The molecule has 1 aliphatic heterocycles. The summed E-state index contributed by atoms with van der Waals surface area (Å²) in [6.45, 7) is 8.22. The van der Waals surface area contributed by atoms with Gasteiger partial charge in [-0.05, 0) is 51.4 Å².